The molecular weight excluding hydrogens is 195 g/mol. The molecule has 1 aromatic rings. The molecule has 0 fully saturated rings. The van der Waals surface area contributed by atoms with Crippen molar-refractivity contribution in [2.24, 2.45) is 5.73 Å². The number of amides is 1. The van der Waals surface area contributed by atoms with E-state index in [2.05, 4.69) is 5.32 Å². The molecule has 76 valence electrons. The molecule has 1 amide bonds. The lowest BCUT2D eigenvalue weighted by Crippen LogP contribution is -2.12. The second-order valence-electron chi connectivity index (χ2n) is 3.18. The quantitative estimate of drug-likeness (QED) is 0.674. The number of carbonyl (C=O) groups is 1. The molecule has 0 radical (unpaired) electrons. The Bertz CT molecular complexity index is 460. The first-order chi connectivity index (χ1) is 7.16. The van der Waals surface area contributed by atoms with Crippen molar-refractivity contribution >= 4 is 12.0 Å². The average Bonchev–Trinajstić information content (AvgIpc) is 2.53. The minimum atomic E-state index is -0.309. The molecule has 1 aromatic carbocycles. The van der Waals surface area contributed by atoms with Gasteiger partial charge in [-0.1, -0.05) is 12.1 Å². The predicted octanol–water partition coefficient (Wildman–Crippen LogP) is 1.14. The molecule has 2 rings (SSSR count). The maximum absolute atomic E-state index is 12.6. The monoisotopic (exact) mass is 204 g/mol. The average molecular weight is 204 g/mol. The van der Waals surface area contributed by atoms with Gasteiger partial charge in [-0.25, -0.2) is 4.39 Å². The van der Waals surface area contributed by atoms with Crippen molar-refractivity contribution in [3.05, 3.63) is 53.1 Å². The highest BCUT2D eigenvalue weighted by molar-refractivity contribution is 6.05. The lowest BCUT2D eigenvalue weighted by atomic mass is 10.1. The topological polar surface area (TPSA) is 55.1 Å². The molecule has 0 saturated carbocycles. The summed E-state index contributed by atoms with van der Waals surface area (Å²) in [4.78, 5) is 11.3. The van der Waals surface area contributed by atoms with E-state index in [4.69, 9.17) is 5.73 Å². The van der Waals surface area contributed by atoms with Crippen LogP contribution in [0.15, 0.2) is 41.7 Å². The van der Waals surface area contributed by atoms with Gasteiger partial charge in [-0.2, -0.15) is 0 Å². The first kappa shape index (κ1) is 9.45. The van der Waals surface area contributed by atoms with Crippen LogP contribution in [0.5, 0.6) is 0 Å². The van der Waals surface area contributed by atoms with Gasteiger partial charge < -0.3 is 11.1 Å². The van der Waals surface area contributed by atoms with Crippen LogP contribution in [0.25, 0.3) is 6.08 Å². The standard InChI is InChI=1S/C11H9FN2O/c12-8-3-1-7(2-4-8)5-9-10(13)6-14-11(9)15/h1-6H,13H2,(H,14,15)/b9-5-. The predicted molar refractivity (Wildman–Crippen MR) is 54.8 cm³/mol. The van der Waals surface area contributed by atoms with E-state index >= 15 is 0 Å². The van der Waals surface area contributed by atoms with Crippen LogP contribution in [0.2, 0.25) is 0 Å². The van der Waals surface area contributed by atoms with E-state index in [0.29, 0.717) is 11.3 Å². The molecule has 1 heterocycles. The molecule has 4 heteroatoms. The van der Waals surface area contributed by atoms with Crippen LogP contribution >= 0.6 is 0 Å². The Balaban J connectivity index is 2.34. The molecule has 0 spiro atoms. The van der Waals surface area contributed by atoms with Gasteiger partial charge in [0.05, 0.1) is 11.3 Å². The summed E-state index contributed by atoms with van der Waals surface area (Å²) in [5.74, 6) is -0.548. The fourth-order valence-electron chi connectivity index (χ4n) is 1.30. The van der Waals surface area contributed by atoms with Crippen LogP contribution in [0, 0.1) is 5.82 Å². The third-order valence-electron chi connectivity index (χ3n) is 2.10. The van der Waals surface area contributed by atoms with Gasteiger partial charge in [-0.3, -0.25) is 4.79 Å². The minimum Gasteiger partial charge on any atom is -0.397 e. The molecule has 1 aliphatic rings. The summed E-state index contributed by atoms with van der Waals surface area (Å²) in [7, 11) is 0. The Labute approximate surface area is 86.1 Å². The maximum Gasteiger partial charge on any atom is 0.257 e. The largest absolute Gasteiger partial charge is 0.397 e. The van der Waals surface area contributed by atoms with Crippen LogP contribution in [-0.4, -0.2) is 5.91 Å². The number of nitrogens with two attached hydrogens (primary N) is 1. The fourth-order valence-corrected chi connectivity index (χ4v) is 1.30. The SMILES string of the molecule is NC1=CNC(=O)/C1=C\c1ccc(F)cc1. The Morgan fingerprint density at radius 1 is 1.27 bits per heavy atom. The number of carbonyl (C=O) groups excluding carboxylic acids is 1. The van der Waals surface area contributed by atoms with Gasteiger partial charge in [0.2, 0.25) is 0 Å². The molecule has 1 aliphatic heterocycles. The van der Waals surface area contributed by atoms with Crippen molar-refractivity contribution in [3.8, 4) is 0 Å². The van der Waals surface area contributed by atoms with E-state index in [0.717, 1.165) is 5.56 Å². The number of hydrogen-bond acceptors (Lipinski definition) is 2. The molecule has 0 atom stereocenters. The maximum atomic E-state index is 12.6. The van der Waals surface area contributed by atoms with E-state index in [1.54, 1.807) is 18.2 Å². The van der Waals surface area contributed by atoms with Crippen LogP contribution < -0.4 is 11.1 Å². The summed E-state index contributed by atoms with van der Waals surface area (Å²) in [5.41, 5.74) is 7.12. The molecule has 3 N–H and O–H groups in total. The van der Waals surface area contributed by atoms with Crippen molar-refractivity contribution in [1.29, 1.82) is 0 Å². The Morgan fingerprint density at radius 2 is 1.93 bits per heavy atom. The van der Waals surface area contributed by atoms with Crippen LogP contribution in [-0.2, 0) is 4.79 Å². The van der Waals surface area contributed by atoms with Gasteiger partial charge in [0.15, 0.2) is 0 Å². The van der Waals surface area contributed by atoms with Crippen molar-refractivity contribution in [2.75, 3.05) is 0 Å². The number of halogens is 1. The molecule has 0 saturated heterocycles. The fraction of sp³-hybridized carbons (Fsp3) is 0. The number of hydrogen-bond donors (Lipinski definition) is 2. The lowest BCUT2D eigenvalue weighted by molar-refractivity contribution is -0.115. The second-order valence-corrected chi connectivity index (χ2v) is 3.18. The molecule has 0 bridgehead atoms. The summed E-state index contributed by atoms with van der Waals surface area (Å²) >= 11 is 0. The Hall–Kier alpha value is -2.10. The van der Waals surface area contributed by atoms with E-state index in [-0.39, 0.29) is 11.7 Å². The minimum absolute atomic E-state index is 0.239. The smallest absolute Gasteiger partial charge is 0.257 e. The van der Waals surface area contributed by atoms with Crippen molar-refractivity contribution in [1.82, 2.24) is 5.32 Å². The molecule has 0 unspecified atom stereocenters. The zero-order valence-corrected chi connectivity index (χ0v) is 7.83. The van der Waals surface area contributed by atoms with Crippen LogP contribution in [0.4, 0.5) is 4.39 Å². The first-order valence-corrected chi connectivity index (χ1v) is 4.41. The first-order valence-electron chi connectivity index (χ1n) is 4.41. The number of rotatable bonds is 1. The Kier molecular flexibility index (Phi) is 2.25. The zero-order valence-electron chi connectivity index (χ0n) is 7.83. The van der Waals surface area contributed by atoms with Crippen LogP contribution in [0.3, 0.4) is 0 Å². The van der Waals surface area contributed by atoms with E-state index in [1.807, 2.05) is 0 Å². The van der Waals surface area contributed by atoms with Crippen molar-refractivity contribution in [3.63, 3.8) is 0 Å². The summed E-state index contributed by atoms with van der Waals surface area (Å²) in [6, 6.07) is 5.83. The second kappa shape index (κ2) is 3.57. The van der Waals surface area contributed by atoms with Gasteiger partial charge in [0.25, 0.3) is 5.91 Å². The van der Waals surface area contributed by atoms with Gasteiger partial charge in [0.1, 0.15) is 5.82 Å². The van der Waals surface area contributed by atoms with Crippen molar-refractivity contribution < 1.29 is 9.18 Å². The van der Waals surface area contributed by atoms with Gasteiger partial charge in [-0.15, -0.1) is 0 Å². The van der Waals surface area contributed by atoms with Crippen LogP contribution in [0.1, 0.15) is 5.56 Å². The summed E-state index contributed by atoms with van der Waals surface area (Å²) in [6.45, 7) is 0. The van der Waals surface area contributed by atoms with Gasteiger partial charge >= 0.3 is 0 Å². The van der Waals surface area contributed by atoms with E-state index in [1.165, 1.54) is 18.3 Å². The third-order valence-corrected chi connectivity index (χ3v) is 2.10. The zero-order chi connectivity index (χ0) is 10.8. The van der Waals surface area contributed by atoms with E-state index < -0.39 is 0 Å². The molecule has 3 nitrogen and oxygen atoms in total. The lowest BCUT2D eigenvalue weighted by Gasteiger charge is -1.98. The number of benzene rings is 1. The summed E-state index contributed by atoms with van der Waals surface area (Å²) in [6.07, 6.45) is 3.06. The van der Waals surface area contributed by atoms with Gasteiger partial charge in [-0.05, 0) is 23.8 Å². The van der Waals surface area contributed by atoms with Gasteiger partial charge in [0, 0.05) is 6.20 Å². The molecule has 0 aromatic heterocycles. The third kappa shape index (κ3) is 1.88. The summed E-state index contributed by atoms with van der Waals surface area (Å²) < 4.78 is 12.6. The number of nitrogens with one attached hydrogen (secondary N) is 1. The molecule has 15 heavy (non-hydrogen) atoms. The highest BCUT2D eigenvalue weighted by atomic mass is 19.1. The summed E-state index contributed by atoms with van der Waals surface area (Å²) in [5, 5.41) is 2.48. The van der Waals surface area contributed by atoms with Crippen molar-refractivity contribution in [2.45, 2.75) is 0 Å². The highest BCUT2D eigenvalue weighted by Crippen LogP contribution is 2.15. The molecule has 0 aliphatic carbocycles. The highest BCUT2D eigenvalue weighted by Gasteiger charge is 2.17. The Morgan fingerprint density at radius 3 is 2.47 bits per heavy atom. The van der Waals surface area contributed by atoms with E-state index in [9.17, 15) is 9.18 Å². The molecular formula is C11H9FN2O. The normalized spacial score (nSPS) is 17.8.